The molecule has 0 radical (unpaired) electrons. The fourth-order valence-corrected chi connectivity index (χ4v) is 1.26. The molecule has 0 heterocycles. The average Bonchev–Trinajstić information content (AvgIpc) is 2.25. The number of aliphatic carboxylic acids is 1. The zero-order chi connectivity index (χ0) is 17.2. The van der Waals surface area contributed by atoms with E-state index in [0.29, 0.717) is 0 Å². The van der Waals surface area contributed by atoms with E-state index in [9.17, 15) is 40.3 Å². The number of rotatable bonds is 6. The number of carboxylic acids is 1. The monoisotopic (exact) mass is 327 g/mol. The minimum absolute atomic E-state index is 0.422. The lowest BCUT2D eigenvalue weighted by Gasteiger charge is -2.28. The van der Waals surface area contributed by atoms with Crippen LogP contribution in [0.3, 0.4) is 0 Å². The quantitative estimate of drug-likeness (QED) is 0.737. The normalized spacial score (nSPS) is 15.0. The first-order valence-corrected chi connectivity index (χ1v) is 5.50. The molecule has 0 rings (SSSR count). The molecule has 1 amide bonds. The summed E-state index contributed by atoms with van der Waals surface area (Å²) in [5.74, 6) is -18.0. The first-order valence-electron chi connectivity index (χ1n) is 5.50. The zero-order valence-electron chi connectivity index (χ0n) is 10.8. The summed E-state index contributed by atoms with van der Waals surface area (Å²) in [5, 5.41) is 9.63. The minimum atomic E-state index is -6.66. The second-order valence-corrected chi connectivity index (χ2v) is 4.64. The van der Waals surface area contributed by atoms with Gasteiger partial charge in [0.05, 0.1) is 0 Å². The van der Waals surface area contributed by atoms with Gasteiger partial charge in [0.1, 0.15) is 6.04 Å². The van der Waals surface area contributed by atoms with Gasteiger partial charge in [-0.2, -0.15) is 30.7 Å². The SMILES string of the molecule is CC(C)CC(NC(=O)C(F)(F)C(F)(F)C(F)(F)F)C(=O)O. The fourth-order valence-electron chi connectivity index (χ4n) is 1.26. The van der Waals surface area contributed by atoms with Crippen LogP contribution in [0.5, 0.6) is 0 Å². The second-order valence-electron chi connectivity index (χ2n) is 4.64. The third-order valence-corrected chi connectivity index (χ3v) is 2.35. The fraction of sp³-hybridized carbons (Fsp3) is 0.800. The summed E-state index contributed by atoms with van der Waals surface area (Å²) >= 11 is 0. The molecule has 0 aromatic carbocycles. The Hall–Kier alpha value is -1.55. The van der Waals surface area contributed by atoms with Crippen molar-refractivity contribution in [2.24, 2.45) is 5.92 Å². The van der Waals surface area contributed by atoms with Crippen molar-refractivity contribution in [1.82, 2.24) is 5.32 Å². The van der Waals surface area contributed by atoms with Gasteiger partial charge in [-0.1, -0.05) is 13.8 Å². The third kappa shape index (κ3) is 4.21. The smallest absolute Gasteiger partial charge is 0.460 e. The molecule has 0 bridgehead atoms. The Morgan fingerprint density at radius 3 is 1.76 bits per heavy atom. The molecule has 2 N–H and O–H groups in total. The molecule has 0 aromatic heterocycles. The van der Waals surface area contributed by atoms with Crippen LogP contribution in [-0.2, 0) is 9.59 Å². The molecule has 0 aromatic rings. The number of hydrogen-bond donors (Lipinski definition) is 2. The maximum absolute atomic E-state index is 13.0. The van der Waals surface area contributed by atoms with Gasteiger partial charge in [0.25, 0.3) is 5.91 Å². The molecule has 1 atom stereocenters. The average molecular weight is 327 g/mol. The van der Waals surface area contributed by atoms with Crippen LogP contribution in [-0.4, -0.2) is 41.0 Å². The zero-order valence-corrected chi connectivity index (χ0v) is 10.8. The van der Waals surface area contributed by atoms with Gasteiger partial charge in [0.15, 0.2) is 0 Å². The van der Waals surface area contributed by atoms with E-state index in [1.807, 2.05) is 0 Å². The van der Waals surface area contributed by atoms with Gasteiger partial charge in [-0.05, 0) is 12.3 Å². The van der Waals surface area contributed by atoms with Gasteiger partial charge in [0.2, 0.25) is 0 Å². The molecule has 0 aliphatic rings. The van der Waals surface area contributed by atoms with Crippen LogP contribution in [0.1, 0.15) is 20.3 Å². The number of nitrogens with one attached hydrogen (secondary N) is 1. The highest BCUT2D eigenvalue weighted by atomic mass is 19.4. The van der Waals surface area contributed by atoms with Crippen molar-refractivity contribution in [3.8, 4) is 0 Å². The van der Waals surface area contributed by atoms with Crippen LogP contribution in [0.4, 0.5) is 30.7 Å². The standard InChI is InChI=1S/C10H12F7NO3/c1-4(2)3-5(6(19)20)18-7(21)8(11,12)9(13,14)10(15,16)17/h4-5H,3H2,1-2H3,(H,18,21)(H,19,20). The lowest BCUT2D eigenvalue weighted by molar-refractivity contribution is -0.344. The summed E-state index contributed by atoms with van der Waals surface area (Å²) in [5.41, 5.74) is 0. The Morgan fingerprint density at radius 2 is 1.48 bits per heavy atom. The lowest BCUT2D eigenvalue weighted by Crippen LogP contribution is -2.61. The highest BCUT2D eigenvalue weighted by Gasteiger charge is 2.76. The molecule has 1 unspecified atom stereocenters. The molecule has 0 spiro atoms. The molecule has 0 saturated heterocycles. The first kappa shape index (κ1) is 19.4. The Balaban J connectivity index is 5.27. The number of carboxylic acid groups (broad SMARTS) is 1. The predicted octanol–water partition coefficient (Wildman–Crippen LogP) is 2.43. The maximum Gasteiger partial charge on any atom is 0.460 e. The molecular weight excluding hydrogens is 315 g/mol. The van der Waals surface area contributed by atoms with E-state index in [-0.39, 0.29) is 0 Å². The molecule has 0 saturated carbocycles. The molecule has 11 heteroatoms. The van der Waals surface area contributed by atoms with E-state index in [0.717, 1.165) is 5.32 Å². The molecule has 0 aliphatic heterocycles. The highest BCUT2D eigenvalue weighted by molar-refractivity contribution is 5.89. The number of halogens is 7. The summed E-state index contributed by atoms with van der Waals surface area (Å²) < 4.78 is 86.7. The minimum Gasteiger partial charge on any atom is -0.480 e. The number of alkyl halides is 7. The van der Waals surface area contributed by atoms with Crippen molar-refractivity contribution in [1.29, 1.82) is 0 Å². The van der Waals surface area contributed by atoms with Crippen LogP contribution in [0.25, 0.3) is 0 Å². The van der Waals surface area contributed by atoms with Crippen LogP contribution < -0.4 is 5.32 Å². The Labute approximate surface area is 114 Å². The van der Waals surface area contributed by atoms with Crippen molar-refractivity contribution < 1.29 is 45.4 Å². The molecule has 0 fully saturated rings. The van der Waals surface area contributed by atoms with Crippen molar-refractivity contribution in [2.45, 2.75) is 44.3 Å². The van der Waals surface area contributed by atoms with E-state index in [1.54, 1.807) is 0 Å². The largest absolute Gasteiger partial charge is 0.480 e. The van der Waals surface area contributed by atoms with Crippen molar-refractivity contribution in [3.63, 3.8) is 0 Å². The molecule has 0 aliphatic carbocycles. The summed E-state index contributed by atoms with van der Waals surface area (Å²) in [6.45, 7) is 2.87. The molecule has 21 heavy (non-hydrogen) atoms. The number of amides is 1. The van der Waals surface area contributed by atoms with Crippen LogP contribution in [0.15, 0.2) is 0 Å². The number of carbonyl (C=O) groups is 2. The summed E-state index contributed by atoms with van der Waals surface area (Å²) in [4.78, 5) is 21.6. The maximum atomic E-state index is 13.0. The summed E-state index contributed by atoms with van der Waals surface area (Å²) in [6, 6.07) is -2.01. The number of carbonyl (C=O) groups excluding carboxylic acids is 1. The summed E-state index contributed by atoms with van der Waals surface area (Å²) in [7, 11) is 0. The van der Waals surface area contributed by atoms with E-state index in [2.05, 4.69) is 0 Å². The van der Waals surface area contributed by atoms with E-state index >= 15 is 0 Å². The van der Waals surface area contributed by atoms with Crippen molar-refractivity contribution >= 4 is 11.9 Å². The van der Waals surface area contributed by atoms with Crippen molar-refractivity contribution in [2.75, 3.05) is 0 Å². The van der Waals surface area contributed by atoms with E-state index in [1.165, 1.54) is 13.8 Å². The second kappa shape index (κ2) is 6.06. The van der Waals surface area contributed by atoms with Crippen LogP contribution in [0.2, 0.25) is 0 Å². The summed E-state index contributed by atoms with van der Waals surface area (Å²) in [6.07, 6.45) is -7.08. The van der Waals surface area contributed by atoms with Crippen molar-refractivity contribution in [3.05, 3.63) is 0 Å². The molecule has 4 nitrogen and oxygen atoms in total. The Bertz CT molecular complexity index is 406. The Morgan fingerprint density at radius 1 is 1.05 bits per heavy atom. The Kier molecular flexibility index (Phi) is 5.61. The molecule has 124 valence electrons. The lowest BCUT2D eigenvalue weighted by atomic mass is 10.0. The van der Waals surface area contributed by atoms with Gasteiger partial charge >= 0.3 is 24.0 Å². The van der Waals surface area contributed by atoms with Crippen LogP contribution in [0, 0.1) is 5.92 Å². The van der Waals surface area contributed by atoms with Gasteiger partial charge in [-0.3, -0.25) is 4.79 Å². The van der Waals surface area contributed by atoms with Gasteiger partial charge in [-0.15, -0.1) is 0 Å². The predicted molar refractivity (Wildman–Crippen MR) is 55.0 cm³/mol. The molecular formula is C10H12F7NO3. The third-order valence-electron chi connectivity index (χ3n) is 2.35. The topological polar surface area (TPSA) is 66.4 Å². The number of hydrogen-bond acceptors (Lipinski definition) is 2. The van der Waals surface area contributed by atoms with E-state index in [4.69, 9.17) is 5.11 Å². The van der Waals surface area contributed by atoms with Gasteiger partial charge in [-0.25, -0.2) is 4.79 Å². The van der Waals surface area contributed by atoms with Gasteiger partial charge in [0, 0.05) is 0 Å². The van der Waals surface area contributed by atoms with E-state index < -0.39 is 48.3 Å². The first-order chi connectivity index (χ1) is 9.14. The van der Waals surface area contributed by atoms with Gasteiger partial charge < -0.3 is 10.4 Å². The van der Waals surface area contributed by atoms with Crippen LogP contribution >= 0.6 is 0 Å². The highest BCUT2D eigenvalue weighted by Crippen LogP contribution is 2.46.